The lowest BCUT2D eigenvalue weighted by Gasteiger charge is -2.10. The first kappa shape index (κ1) is 18.2. The molecule has 0 aliphatic carbocycles. The smallest absolute Gasteiger partial charge is 0.279 e. The lowest BCUT2D eigenvalue weighted by molar-refractivity contribution is 0.708. The molecule has 3 heterocycles. The molecule has 5 rings (SSSR count). The normalized spacial score (nSPS) is 11.6. The van der Waals surface area contributed by atoms with Crippen LogP contribution in [0.1, 0.15) is 12.5 Å². The van der Waals surface area contributed by atoms with Crippen LogP contribution >= 0.6 is 0 Å². The van der Waals surface area contributed by atoms with Gasteiger partial charge in [-0.25, -0.2) is 4.79 Å². The second-order valence-electron chi connectivity index (χ2n) is 7.40. The maximum atomic E-state index is 12.9. The Morgan fingerprint density at radius 1 is 0.900 bits per heavy atom. The molecule has 0 saturated heterocycles. The quantitative estimate of drug-likeness (QED) is 0.469. The molecule has 0 aliphatic rings. The van der Waals surface area contributed by atoms with E-state index in [-0.39, 0.29) is 5.56 Å². The van der Waals surface area contributed by atoms with Crippen molar-refractivity contribution in [3.8, 4) is 16.9 Å². The summed E-state index contributed by atoms with van der Waals surface area (Å²) >= 11 is 0. The van der Waals surface area contributed by atoms with Crippen molar-refractivity contribution in [2.75, 3.05) is 0 Å². The molecule has 7 heteroatoms. The van der Waals surface area contributed by atoms with Gasteiger partial charge >= 0.3 is 5.69 Å². The molecule has 0 atom stereocenters. The molecule has 0 unspecified atom stereocenters. The summed E-state index contributed by atoms with van der Waals surface area (Å²) in [5, 5.41) is 0. The van der Waals surface area contributed by atoms with Crippen molar-refractivity contribution in [3.05, 3.63) is 87.2 Å². The van der Waals surface area contributed by atoms with Crippen molar-refractivity contribution in [2.45, 2.75) is 13.3 Å². The fourth-order valence-corrected chi connectivity index (χ4v) is 3.92. The standard InChI is InChI=1S/C23H21N5O2/c1-4-15-10-12-17(13-11-15)28-18(16-8-6-5-7-9-16)14-27-19-20(24-22(27)28)25(2)23(30)26(3)21(19)29/h5-14H,4H2,1-3H3. The highest BCUT2D eigenvalue weighted by atomic mass is 16.2. The molecule has 7 nitrogen and oxygen atoms in total. The van der Waals surface area contributed by atoms with Crippen LogP contribution in [0.4, 0.5) is 0 Å². The number of aromatic nitrogens is 5. The zero-order valence-electron chi connectivity index (χ0n) is 17.0. The number of aryl methyl sites for hydroxylation is 2. The Morgan fingerprint density at radius 2 is 1.60 bits per heavy atom. The fourth-order valence-electron chi connectivity index (χ4n) is 3.92. The molecule has 0 aliphatic heterocycles. The Kier molecular flexibility index (Phi) is 3.99. The summed E-state index contributed by atoms with van der Waals surface area (Å²) in [6.07, 6.45) is 2.87. The molecular formula is C23H21N5O2. The predicted molar refractivity (Wildman–Crippen MR) is 117 cm³/mol. The fraction of sp³-hybridized carbons (Fsp3) is 0.174. The van der Waals surface area contributed by atoms with Crippen molar-refractivity contribution >= 4 is 16.9 Å². The average molecular weight is 399 g/mol. The van der Waals surface area contributed by atoms with Gasteiger partial charge in [-0.05, 0) is 24.1 Å². The van der Waals surface area contributed by atoms with E-state index in [0.29, 0.717) is 16.9 Å². The highest BCUT2D eigenvalue weighted by Gasteiger charge is 2.21. The Labute approximate surface area is 172 Å². The van der Waals surface area contributed by atoms with Crippen molar-refractivity contribution < 1.29 is 0 Å². The minimum Gasteiger partial charge on any atom is -0.279 e. The number of benzene rings is 2. The first-order valence-corrected chi connectivity index (χ1v) is 9.85. The van der Waals surface area contributed by atoms with Crippen LogP contribution < -0.4 is 11.2 Å². The molecule has 0 amide bonds. The van der Waals surface area contributed by atoms with E-state index in [1.165, 1.54) is 17.2 Å². The molecular weight excluding hydrogens is 378 g/mol. The number of imidazole rings is 2. The van der Waals surface area contributed by atoms with Gasteiger partial charge in [-0.2, -0.15) is 4.98 Å². The Morgan fingerprint density at radius 3 is 2.27 bits per heavy atom. The van der Waals surface area contributed by atoms with E-state index in [2.05, 4.69) is 31.2 Å². The van der Waals surface area contributed by atoms with Gasteiger partial charge in [0.2, 0.25) is 5.78 Å². The van der Waals surface area contributed by atoms with E-state index in [1.807, 2.05) is 41.1 Å². The van der Waals surface area contributed by atoms with E-state index in [1.54, 1.807) is 11.4 Å². The van der Waals surface area contributed by atoms with Gasteiger partial charge in [-0.3, -0.25) is 22.9 Å². The van der Waals surface area contributed by atoms with Gasteiger partial charge in [-0.15, -0.1) is 0 Å². The van der Waals surface area contributed by atoms with E-state index in [0.717, 1.165) is 27.9 Å². The Hall–Kier alpha value is -3.87. The molecule has 0 spiro atoms. The van der Waals surface area contributed by atoms with Gasteiger partial charge in [0.05, 0.1) is 5.69 Å². The van der Waals surface area contributed by atoms with Gasteiger partial charge in [0, 0.05) is 31.5 Å². The van der Waals surface area contributed by atoms with Crippen molar-refractivity contribution in [1.82, 2.24) is 23.1 Å². The summed E-state index contributed by atoms with van der Waals surface area (Å²) in [7, 11) is 3.12. The summed E-state index contributed by atoms with van der Waals surface area (Å²) in [5.74, 6) is 0.589. The highest BCUT2D eigenvalue weighted by molar-refractivity contribution is 5.79. The SMILES string of the molecule is CCc1ccc(-n2c(-c3ccccc3)cn3c4c(=O)n(C)c(=O)n(C)c4nc23)cc1. The molecule has 30 heavy (non-hydrogen) atoms. The van der Waals surface area contributed by atoms with Gasteiger partial charge in [0.1, 0.15) is 0 Å². The summed E-state index contributed by atoms with van der Waals surface area (Å²) in [5.41, 5.74) is 4.12. The molecule has 0 N–H and O–H groups in total. The maximum absolute atomic E-state index is 12.9. The Balaban J connectivity index is 1.94. The summed E-state index contributed by atoms with van der Waals surface area (Å²) in [4.78, 5) is 30.0. The largest absolute Gasteiger partial charge is 0.332 e. The topological polar surface area (TPSA) is 66.2 Å². The van der Waals surface area contributed by atoms with Crippen LogP contribution in [-0.2, 0) is 20.5 Å². The van der Waals surface area contributed by atoms with Crippen molar-refractivity contribution in [2.24, 2.45) is 14.1 Å². The number of hydrogen-bond acceptors (Lipinski definition) is 3. The number of hydrogen-bond donors (Lipinski definition) is 0. The molecule has 2 aromatic carbocycles. The van der Waals surface area contributed by atoms with E-state index >= 15 is 0 Å². The van der Waals surface area contributed by atoms with Gasteiger partial charge < -0.3 is 0 Å². The van der Waals surface area contributed by atoms with Crippen LogP contribution in [-0.4, -0.2) is 23.1 Å². The second kappa shape index (κ2) is 6.59. The lowest BCUT2D eigenvalue weighted by Crippen LogP contribution is -2.37. The minimum atomic E-state index is -0.393. The number of fused-ring (bicyclic) bond motifs is 3. The van der Waals surface area contributed by atoms with E-state index in [9.17, 15) is 9.59 Å². The highest BCUT2D eigenvalue weighted by Crippen LogP contribution is 2.28. The third kappa shape index (κ3) is 2.48. The third-order valence-corrected chi connectivity index (χ3v) is 5.64. The van der Waals surface area contributed by atoms with Crippen LogP contribution in [0.15, 0.2) is 70.4 Å². The maximum Gasteiger partial charge on any atom is 0.332 e. The van der Waals surface area contributed by atoms with Gasteiger partial charge in [0.25, 0.3) is 5.56 Å². The van der Waals surface area contributed by atoms with Crippen LogP contribution in [0.2, 0.25) is 0 Å². The van der Waals surface area contributed by atoms with Gasteiger partial charge in [-0.1, -0.05) is 49.4 Å². The van der Waals surface area contributed by atoms with E-state index < -0.39 is 5.69 Å². The molecule has 0 fully saturated rings. The molecule has 0 saturated carbocycles. The van der Waals surface area contributed by atoms with Gasteiger partial charge in [0.15, 0.2) is 11.2 Å². The second-order valence-corrected chi connectivity index (χ2v) is 7.40. The minimum absolute atomic E-state index is 0.362. The van der Waals surface area contributed by atoms with Crippen molar-refractivity contribution in [1.29, 1.82) is 0 Å². The summed E-state index contributed by atoms with van der Waals surface area (Å²) in [6.45, 7) is 2.12. The first-order chi connectivity index (χ1) is 14.5. The number of rotatable bonds is 3. The average Bonchev–Trinajstić information content (AvgIpc) is 3.33. The Bertz CT molecular complexity index is 1520. The molecule has 150 valence electrons. The van der Waals surface area contributed by atoms with Crippen LogP contribution in [0.25, 0.3) is 33.9 Å². The van der Waals surface area contributed by atoms with Crippen LogP contribution in [0.5, 0.6) is 0 Å². The lowest BCUT2D eigenvalue weighted by atomic mass is 10.1. The van der Waals surface area contributed by atoms with Crippen LogP contribution in [0, 0.1) is 0 Å². The van der Waals surface area contributed by atoms with Crippen molar-refractivity contribution in [3.63, 3.8) is 0 Å². The zero-order valence-corrected chi connectivity index (χ0v) is 17.0. The van der Waals surface area contributed by atoms with Crippen LogP contribution in [0.3, 0.4) is 0 Å². The first-order valence-electron chi connectivity index (χ1n) is 9.85. The number of nitrogens with zero attached hydrogens (tertiary/aromatic N) is 5. The molecule has 3 aromatic heterocycles. The summed E-state index contributed by atoms with van der Waals surface area (Å²) < 4.78 is 6.34. The molecule has 0 bridgehead atoms. The molecule has 5 aromatic rings. The predicted octanol–water partition coefficient (Wildman–Crippen LogP) is 2.91. The third-order valence-electron chi connectivity index (χ3n) is 5.64. The zero-order chi connectivity index (χ0) is 21.0. The molecule has 0 radical (unpaired) electrons. The summed E-state index contributed by atoms with van der Waals surface area (Å²) in [6, 6.07) is 18.3. The van der Waals surface area contributed by atoms with E-state index in [4.69, 9.17) is 4.98 Å². The monoisotopic (exact) mass is 399 g/mol.